The van der Waals surface area contributed by atoms with Crippen LogP contribution in [0.2, 0.25) is 0 Å². The number of hydrogen-bond acceptors (Lipinski definition) is 5. The molecule has 1 amide bonds. The first-order valence-electron chi connectivity index (χ1n) is 7.59. The number of ether oxygens (including phenoxy) is 1. The maximum absolute atomic E-state index is 12.1. The quantitative estimate of drug-likeness (QED) is 0.804. The fourth-order valence-corrected chi connectivity index (χ4v) is 2.94. The highest BCUT2D eigenvalue weighted by Gasteiger charge is 2.22. The molecule has 1 N–H and O–H groups in total. The van der Waals surface area contributed by atoms with Crippen molar-refractivity contribution in [3.05, 3.63) is 24.3 Å². The lowest BCUT2D eigenvalue weighted by Gasteiger charge is -2.36. The zero-order valence-electron chi connectivity index (χ0n) is 13.5. The summed E-state index contributed by atoms with van der Waals surface area (Å²) in [5.74, 6) is 0.605. The van der Waals surface area contributed by atoms with Crippen LogP contribution in [0.25, 0.3) is 0 Å². The Morgan fingerprint density at radius 2 is 1.78 bits per heavy atom. The number of benzene rings is 1. The molecule has 0 bridgehead atoms. The van der Waals surface area contributed by atoms with Gasteiger partial charge in [-0.1, -0.05) is 0 Å². The van der Waals surface area contributed by atoms with Gasteiger partial charge in [-0.25, -0.2) is 13.1 Å². The van der Waals surface area contributed by atoms with E-state index in [1.54, 1.807) is 18.9 Å². The summed E-state index contributed by atoms with van der Waals surface area (Å²) in [5.41, 5.74) is 1.09. The lowest BCUT2D eigenvalue weighted by Crippen LogP contribution is -2.51. The van der Waals surface area contributed by atoms with E-state index in [0.29, 0.717) is 13.1 Å². The second-order valence-electron chi connectivity index (χ2n) is 5.29. The van der Waals surface area contributed by atoms with Crippen LogP contribution in [0, 0.1) is 0 Å². The topological polar surface area (TPSA) is 79.0 Å². The lowest BCUT2D eigenvalue weighted by molar-refractivity contribution is -0.130. The molecule has 0 spiro atoms. The van der Waals surface area contributed by atoms with Crippen LogP contribution in [0.3, 0.4) is 0 Å². The van der Waals surface area contributed by atoms with E-state index in [2.05, 4.69) is 9.62 Å². The largest absolute Gasteiger partial charge is 0.497 e. The lowest BCUT2D eigenvalue weighted by atomic mass is 10.2. The molecular weight excluding hydrogens is 318 g/mol. The van der Waals surface area contributed by atoms with Gasteiger partial charge in [0, 0.05) is 31.9 Å². The molecule has 0 atom stereocenters. The molecule has 0 radical (unpaired) electrons. The average Bonchev–Trinajstić information content (AvgIpc) is 2.60. The Kier molecular flexibility index (Phi) is 5.84. The van der Waals surface area contributed by atoms with Gasteiger partial charge in [0.2, 0.25) is 15.9 Å². The number of carbonyl (C=O) groups is 1. The van der Waals surface area contributed by atoms with Crippen LogP contribution in [0.5, 0.6) is 5.75 Å². The van der Waals surface area contributed by atoms with E-state index in [1.165, 1.54) is 0 Å². The van der Waals surface area contributed by atoms with Gasteiger partial charge in [-0.05, 0) is 31.2 Å². The molecule has 1 aliphatic heterocycles. The molecule has 0 unspecified atom stereocenters. The van der Waals surface area contributed by atoms with Gasteiger partial charge in [-0.2, -0.15) is 0 Å². The first kappa shape index (κ1) is 17.6. The summed E-state index contributed by atoms with van der Waals surface area (Å²) in [6.07, 6.45) is 0. The Hall–Kier alpha value is -1.80. The second kappa shape index (κ2) is 7.65. The third kappa shape index (κ3) is 4.84. The average molecular weight is 341 g/mol. The van der Waals surface area contributed by atoms with Crippen LogP contribution >= 0.6 is 0 Å². The molecule has 8 heteroatoms. The Balaban J connectivity index is 1.84. The standard InChI is InChI=1S/C15H23N3O4S/c1-3-23(20,21)16-12-15(19)18-10-8-17(9-11-18)13-4-6-14(22-2)7-5-13/h4-7,16H,3,8-12H2,1-2H3. The van der Waals surface area contributed by atoms with Gasteiger partial charge >= 0.3 is 0 Å². The third-order valence-corrected chi connectivity index (χ3v) is 5.24. The summed E-state index contributed by atoms with van der Waals surface area (Å²) in [7, 11) is -1.70. The molecular formula is C15H23N3O4S. The van der Waals surface area contributed by atoms with E-state index in [0.717, 1.165) is 24.5 Å². The second-order valence-corrected chi connectivity index (χ2v) is 7.39. The van der Waals surface area contributed by atoms with Gasteiger partial charge in [0.15, 0.2) is 0 Å². The summed E-state index contributed by atoms with van der Waals surface area (Å²) in [6.45, 7) is 3.98. The molecule has 1 saturated heterocycles. The number of piperazine rings is 1. The molecule has 128 valence electrons. The van der Waals surface area contributed by atoms with E-state index in [-0.39, 0.29) is 18.2 Å². The molecule has 0 saturated carbocycles. The van der Waals surface area contributed by atoms with Crippen molar-refractivity contribution < 1.29 is 17.9 Å². The summed E-state index contributed by atoms with van der Waals surface area (Å²) < 4.78 is 30.2. The van der Waals surface area contributed by atoms with Crippen LogP contribution in [-0.2, 0) is 14.8 Å². The van der Waals surface area contributed by atoms with Crippen molar-refractivity contribution in [2.45, 2.75) is 6.92 Å². The highest BCUT2D eigenvalue weighted by atomic mass is 32.2. The molecule has 23 heavy (non-hydrogen) atoms. The molecule has 0 aliphatic carbocycles. The molecule has 1 heterocycles. The van der Waals surface area contributed by atoms with E-state index in [4.69, 9.17) is 4.74 Å². The Morgan fingerprint density at radius 3 is 2.30 bits per heavy atom. The van der Waals surface area contributed by atoms with Crippen molar-refractivity contribution in [1.29, 1.82) is 0 Å². The summed E-state index contributed by atoms with van der Waals surface area (Å²) in [6, 6.07) is 7.80. The van der Waals surface area contributed by atoms with Crippen molar-refractivity contribution >= 4 is 21.6 Å². The molecule has 1 aliphatic rings. The zero-order valence-corrected chi connectivity index (χ0v) is 14.3. The zero-order chi connectivity index (χ0) is 16.9. The Labute approximate surface area is 137 Å². The van der Waals surface area contributed by atoms with Gasteiger partial charge in [0.25, 0.3) is 0 Å². The number of carbonyl (C=O) groups excluding carboxylic acids is 1. The van der Waals surface area contributed by atoms with Gasteiger partial charge < -0.3 is 14.5 Å². The smallest absolute Gasteiger partial charge is 0.237 e. The SMILES string of the molecule is CCS(=O)(=O)NCC(=O)N1CCN(c2ccc(OC)cc2)CC1. The van der Waals surface area contributed by atoms with Crippen molar-refractivity contribution in [3.63, 3.8) is 0 Å². The summed E-state index contributed by atoms with van der Waals surface area (Å²) in [4.78, 5) is 15.9. The van der Waals surface area contributed by atoms with Crippen LogP contribution < -0.4 is 14.4 Å². The first-order chi connectivity index (χ1) is 10.9. The predicted octanol–water partition coefficient (Wildman–Crippen LogP) is 0.283. The monoisotopic (exact) mass is 341 g/mol. The van der Waals surface area contributed by atoms with Crippen LogP contribution in [0.15, 0.2) is 24.3 Å². The predicted molar refractivity (Wildman–Crippen MR) is 89.3 cm³/mol. The van der Waals surface area contributed by atoms with Gasteiger partial charge in [-0.15, -0.1) is 0 Å². The third-order valence-electron chi connectivity index (χ3n) is 3.89. The number of nitrogens with one attached hydrogen (secondary N) is 1. The maximum atomic E-state index is 12.1. The molecule has 2 rings (SSSR count). The van der Waals surface area contributed by atoms with Crippen LogP contribution in [0.4, 0.5) is 5.69 Å². The number of methoxy groups -OCH3 is 1. The molecule has 7 nitrogen and oxygen atoms in total. The van der Waals surface area contributed by atoms with Crippen molar-refractivity contribution in [2.75, 3.05) is 50.5 Å². The molecule has 0 aromatic heterocycles. The minimum absolute atomic E-state index is 0.0223. The van der Waals surface area contributed by atoms with Crippen LogP contribution in [-0.4, -0.2) is 64.8 Å². The number of hydrogen-bond donors (Lipinski definition) is 1. The normalized spacial score (nSPS) is 15.6. The number of amides is 1. The van der Waals surface area contributed by atoms with Crippen LogP contribution in [0.1, 0.15) is 6.92 Å². The highest BCUT2D eigenvalue weighted by Crippen LogP contribution is 2.20. The first-order valence-corrected chi connectivity index (χ1v) is 9.24. The van der Waals surface area contributed by atoms with Gasteiger partial charge in [0.05, 0.1) is 19.4 Å². The molecule has 1 aromatic rings. The Bertz CT molecular complexity index is 623. The van der Waals surface area contributed by atoms with E-state index >= 15 is 0 Å². The van der Waals surface area contributed by atoms with Crippen molar-refractivity contribution in [2.24, 2.45) is 0 Å². The van der Waals surface area contributed by atoms with E-state index in [1.807, 2.05) is 24.3 Å². The molecule has 1 aromatic carbocycles. The number of sulfonamides is 1. The summed E-state index contributed by atoms with van der Waals surface area (Å²) in [5, 5.41) is 0. The molecule has 1 fully saturated rings. The number of nitrogens with zero attached hydrogens (tertiary/aromatic N) is 2. The number of anilines is 1. The number of rotatable bonds is 6. The fraction of sp³-hybridized carbons (Fsp3) is 0.533. The minimum Gasteiger partial charge on any atom is -0.497 e. The highest BCUT2D eigenvalue weighted by molar-refractivity contribution is 7.89. The van der Waals surface area contributed by atoms with E-state index in [9.17, 15) is 13.2 Å². The van der Waals surface area contributed by atoms with Gasteiger partial charge in [0.1, 0.15) is 5.75 Å². The fourth-order valence-electron chi connectivity index (χ4n) is 2.39. The minimum atomic E-state index is -3.33. The van der Waals surface area contributed by atoms with Gasteiger partial charge in [-0.3, -0.25) is 4.79 Å². The maximum Gasteiger partial charge on any atom is 0.237 e. The van der Waals surface area contributed by atoms with Crippen molar-refractivity contribution in [3.8, 4) is 5.75 Å². The van der Waals surface area contributed by atoms with Crippen molar-refractivity contribution in [1.82, 2.24) is 9.62 Å². The Morgan fingerprint density at radius 1 is 1.17 bits per heavy atom. The van der Waals surface area contributed by atoms with E-state index < -0.39 is 10.0 Å². The summed E-state index contributed by atoms with van der Waals surface area (Å²) >= 11 is 0.